The molecule has 1 aromatic rings. The molecule has 0 spiro atoms. The number of rotatable bonds is 3. The number of nitrogens with two attached hydrogens (primary N) is 1. The van der Waals surface area contributed by atoms with Crippen LogP contribution in [0.5, 0.6) is 0 Å². The van der Waals surface area contributed by atoms with E-state index in [0.717, 1.165) is 31.4 Å². The fourth-order valence-corrected chi connectivity index (χ4v) is 3.78. The first-order valence-electron chi connectivity index (χ1n) is 8.50. The van der Waals surface area contributed by atoms with E-state index in [0.29, 0.717) is 6.42 Å². The van der Waals surface area contributed by atoms with Crippen molar-refractivity contribution in [1.82, 2.24) is 5.32 Å². The smallest absolute Gasteiger partial charge is 0.249 e. The molecule has 3 rings (SSSR count). The third-order valence-corrected chi connectivity index (χ3v) is 4.99. The zero-order valence-electron chi connectivity index (χ0n) is 13.6. The van der Waals surface area contributed by atoms with Crippen LogP contribution in [0, 0.1) is 5.92 Å². The van der Waals surface area contributed by atoms with Crippen molar-refractivity contribution in [1.29, 1.82) is 0 Å². The maximum absolute atomic E-state index is 12.7. The monoisotopic (exact) mass is 315 g/mol. The van der Waals surface area contributed by atoms with Crippen LogP contribution in [-0.2, 0) is 9.59 Å². The number of carbonyl (C=O) groups excluding carboxylic acids is 2. The largest absolute Gasteiger partial charge is 0.344 e. The van der Waals surface area contributed by atoms with Crippen molar-refractivity contribution in [2.45, 2.75) is 57.2 Å². The molecule has 5 heteroatoms. The summed E-state index contributed by atoms with van der Waals surface area (Å²) in [5, 5.41) is 2.96. The van der Waals surface area contributed by atoms with E-state index in [4.69, 9.17) is 5.73 Å². The van der Waals surface area contributed by atoms with Gasteiger partial charge in [-0.05, 0) is 44.7 Å². The van der Waals surface area contributed by atoms with Crippen LogP contribution in [0.15, 0.2) is 30.3 Å². The summed E-state index contributed by atoms with van der Waals surface area (Å²) >= 11 is 0. The van der Waals surface area contributed by atoms with Crippen LogP contribution in [0.4, 0.5) is 5.69 Å². The van der Waals surface area contributed by atoms with Gasteiger partial charge in [-0.25, -0.2) is 0 Å². The Morgan fingerprint density at radius 1 is 1.22 bits per heavy atom. The van der Waals surface area contributed by atoms with Crippen molar-refractivity contribution >= 4 is 17.5 Å². The molecule has 4 unspecified atom stereocenters. The van der Waals surface area contributed by atoms with Gasteiger partial charge in [0, 0.05) is 23.7 Å². The number of para-hydroxylation sites is 1. The average molecular weight is 315 g/mol. The lowest BCUT2D eigenvalue weighted by Crippen LogP contribution is -2.46. The highest BCUT2D eigenvalue weighted by molar-refractivity contribution is 6.02. The number of hydrogen-bond donors (Lipinski definition) is 2. The Hall–Kier alpha value is -1.88. The molecule has 0 radical (unpaired) electrons. The molecule has 124 valence electrons. The molecular formula is C18H25N3O2. The molecule has 23 heavy (non-hydrogen) atoms. The molecule has 4 atom stereocenters. The minimum absolute atomic E-state index is 0.0133. The molecule has 2 amide bonds. The molecular weight excluding hydrogens is 290 g/mol. The number of anilines is 1. The van der Waals surface area contributed by atoms with E-state index in [1.165, 1.54) is 0 Å². The third-order valence-electron chi connectivity index (χ3n) is 4.99. The van der Waals surface area contributed by atoms with E-state index in [1.54, 1.807) is 4.90 Å². The highest BCUT2D eigenvalue weighted by atomic mass is 16.2. The van der Waals surface area contributed by atoms with Crippen molar-refractivity contribution in [3.05, 3.63) is 30.3 Å². The highest BCUT2D eigenvalue weighted by Crippen LogP contribution is 2.28. The van der Waals surface area contributed by atoms with Crippen molar-refractivity contribution in [3.63, 3.8) is 0 Å². The van der Waals surface area contributed by atoms with Crippen LogP contribution in [0.25, 0.3) is 0 Å². The topological polar surface area (TPSA) is 75.4 Å². The van der Waals surface area contributed by atoms with Crippen LogP contribution in [0.3, 0.4) is 0 Å². The van der Waals surface area contributed by atoms with E-state index in [9.17, 15) is 9.59 Å². The molecule has 1 heterocycles. The number of benzene rings is 1. The summed E-state index contributed by atoms with van der Waals surface area (Å²) in [5.41, 5.74) is 6.85. The Balaban J connectivity index is 1.65. The minimum Gasteiger partial charge on any atom is -0.344 e. The van der Waals surface area contributed by atoms with E-state index < -0.39 is 6.04 Å². The van der Waals surface area contributed by atoms with E-state index in [2.05, 4.69) is 5.32 Å². The van der Waals surface area contributed by atoms with Crippen LogP contribution < -0.4 is 16.0 Å². The van der Waals surface area contributed by atoms with Gasteiger partial charge in [0.05, 0.1) is 0 Å². The Morgan fingerprint density at radius 3 is 2.65 bits per heavy atom. The highest BCUT2D eigenvalue weighted by Gasteiger charge is 2.39. The number of hydrogen-bond acceptors (Lipinski definition) is 3. The van der Waals surface area contributed by atoms with Gasteiger partial charge >= 0.3 is 0 Å². The number of nitrogens with one attached hydrogen (secondary N) is 1. The number of carbonyl (C=O) groups is 2. The van der Waals surface area contributed by atoms with Crippen molar-refractivity contribution in [2.75, 3.05) is 4.90 Å². The summed E-state index contributed by atoms with van der Waals surface area (Å²) in [7, 11) is 0. The van der Waals surface area contributed by atoms with Gasteiger partial charge in [-0.15, -0.1) is 0 Å². The predicted molar refractivity (Wildman–Crippen MR) is 89.9 cm³/mol. The van der Waals surface area contributed by atoms with Gasteiger partial charge < -0.3 is 16.0 Å². The predicted octanol–water partition coefficient (Wildman–Crippen LogP) is 1.81. The lowest BCUT2D eigenvalue weighted by atomic mass is 9.85. The normalized spacial score (nSPS) is 31.2. The summed E-state index contributed by atoms with van der Waals surface area (Å²) in [6.45, 7) is 2.02. The first kappa shape index (κ1) is 16.0. The first-order valence-corrected chi connectivity index (χ1v) is 8.50. The Bertz CT molecular complexity index is 575. The second kappa shape index (κ2) is 6.71. The second-order valence-electron chi connectivity index (χ2n) is 6.81. The van der Waals surface area contributed by atoms with Gasteiger partial charge in [0.2, 0.25) is 11.8 Å². The fourth-order valence-electron chi connectivity index (χ4n) is 3.78. The Morgan fingerprint density at radius 2 is 1.96 bits per heavy atom. The first-order chi connectivity index (χ1) is 11.1. The van der Waals surface area contributed by atoms with Gasteiger partial charge in [0.1, 0.15) is 6.04 Å². The molecule has 0 bridgehead atoms. The molecule has 2 aliphatic rings. The molecule has 1 aliphatic carbocycles. The maximum Gasteiger partial charge on any atom is 0.249 e. The van der Waals surface area contributed by atoms with Gasteiger partial charge in [-0.1, -0.05) is 24.6 Å². The van der Waals surface area contributed by atoms with Gasteiger partial charge in [0.25, 0.3) is 0 Å². The summed E-state index contributed by atoms with van der Waals surface area (Å²) < 4.78 is 0. The SMILES string of the molecule is CC1CC(NC(=O)C2CCCC(N)C2)C(=O)N1c1ccccc1. The lowest BCUT2D eigenvalue weighted by Gasteiger charge is -2.26. The standard InChI is InChI=1S/C18H25N3O2/c1-12-10-16(18(23)21(12)15-8-3-2-4-9-15)20-17(22)13-6-5-7-14(19)11-13/h2-4,8-9,12-14,16H,5-7,10-11,19H2,1H3,(H,20,22). The van der Waals surface area contributed by atoms with Crippen molar-refractivity contribution in [2.24, 2.45) is 11.7 Å². The molecule has 1 aliphatic heterocycles. The van der Waals surface area contributed by atoms with Crippen LogP contribution in [0.2, 0.25) is 0 Å². The van der Waals surface area contributed by atoms with Gasteiger partial charge in [-0.3, -0.25) is 9.59 Å². The molecule has 1 aromatic carbocycles. The van der Waals surface area contributed by atoms with E-state index in [1.807, 2.05) is 37.3 Å². The van der Waals surface area contributed by atoms with Gasteiger partial charge in [-0.2, -0.15) is 0 Å². The summed E-state index contributed by atoms with van der Waals surface area (Å²) in [5.74, 6) is -0.0783. The van der Waals surface area contributed by atoms with Crippen molar-refractivity contribution in [3.8, 4) is 0 Å². The molecule has 3 N–H and O–H groups in total. The third kappa shape index (κ3) is 3.39. The van der Waals surface area contributed by atoms with Crippen molar-refractivity contribution < 1.29 is 9.59 Å². The van der Waals surface area contributed by atoms with Crippen LogP contribution in [-0.4, -0.2) is 29.9 Å². The zero-order chi connectivity index (χ0) is 16.4. The lowest BCUT2D eigenvalue weighted by molar-refractivity contribution is -0.130. The average Bonchev–Trinajstić information content (AvgIpc) is 2.82. The number of amides is 2. The quantitative estimate of drug-likeness (QED) is 0.893. The molecule has 0 aromatic heterocycles. The summed E-state index contributed by atoms with van der Waals surface area (Å²) in [6.07, 6.45) is 4.23. The fraction of sp³-hybridized carbons (Fsp3) is 0.556. The minimum atomic E-state index is -0.421. The maximum atomic E-state index is 12.7. The molecule has 2 fully saturated rings. The summed E-state index contributed by atoms with van der Waals surface area (Å²) in [4.78, 5) is 26.9. The summed E-state index contributed by atoms with van der Waals surface area (Å²) in [6, 6.07) is 9.41. The van der Waals surface area contributed by atoms with Crippen LogP contribution >= 0.6 is 0 Å². The van der Waals surface area contributed by atoms with Crippen LogP contribution in [0.1, 0.15) is 39.0 Å². The molecule has 1 saturated carbocycles. The second-order valence-corrected chi connectivity index (χ2v) is 6.81. The zero-order valence-corrected chi connectivity index (χ0v) is 13.6. The molecule has 1 saturated heterocycles. The Kier molecular flexibility index (Phi) is 4.66. The molecule has 5 nitrogen and oxygen atoms in total. The number of nitrogens with zero attached hydrogens (tertiary/aromatic N) is 1. The Labute approximate surface area is 137 Å². The van der Waals surface area contributed by atoms with E-state index in [-0.39, 0.29) is 29.8 Å². The van der Waals surface area contributed by atoms with Gasteiger partial charge in [0.15, 0.2) is 0 Å². The van der Waals surface area contributed by atoms with E-state index >= 15 is 0 Å².